The molecule has 2 amide bonds. The fourth-order valence-corrected chi connectivity index (χ4v) is 1.82. The number of nitrogens with zero attached hydrogens (tertiary/aromatic N) is 2. The van der Waals surface area contributed by atoms with Gasteiger partial charge in [-0.15, -0.1) is 0 Å². The number of carbonyl (C=O) groups is 1. The largest absolute Gasteiger partial charge is 0.333 e. The first-order valence-corrected chi connectivity index (χ1v) is 6.23. The summed E-state index contributed by atoms with van der Waals surface area (Å²) in [5, 5.41) is 9.76. The molecule has 100 valence electrons. The molecule has 5 nitrogen and oxygen atoms in total. The summed E-state index contributed by atoms with van der Waals surface area (Å²) in [7, 11) is 1.85. The molecule has 1 aromatic heterocycles. The Bertz CT molecular complexity index is 535. The number of aromatic nitrogens is 2. The number of amides is 2. The molecule has 2 rings (SSSR count). The highest BCUT2D eigenvalue weighted by Gasteiger charge is 2.09. The van der Waals surface area contributed by atoms with Crippen LogP contribution in [0.1, 0.15) is 24.2 Å². The van der Waals surface area contributed by atoms with Crippen LogP contribution in [0.2, 0.25) is 0 Å². The number of aryl methyl sites for hydroxylation is 1. The molecule has 0 saturated heterocycles. The number of nitrogens with one attached hydrogen (secondary N) is 2. The lowest BCUT2D eigenvalue weighted by atomic mass is 10.1. The first kappa shape index (κ1) is 13.1. The summed E-state index contributed by atoms with van der Waals surface area (Å²) in [4.78, 5) is 11.8. The topological polar surface area (TPSA) is 59.0 Å². The molecule has 0 aliphatic heterocycles. The molecule has 0 radical (unpaired) electrons. The van der Waals surface area contributed by atoms with E-state index in [1.165, 1.54) is 0 Å². The average molecular weight is 258 g/mol. The molecular formula is C14H18N4O. The van der Waals surface area contributed by atoms with Crippen molar-refractivity contribution in [2.24, 2.45) is 7.05 Å². The van der Waals surface area contributed by atoms with Gasteiger partial charge in [0.25, 0.3) is 0 Å². The minimum absolute atomic E-state index is 0.0206. The first-order chi connectivity index (χ1) is 9.16. The maximum Gasteiger partial charge on any atom is 0.315 e. The van der Waals surface area contributed by atoms with Crippen LogP contribution in [0.5, 0.6) is 0 Å². The summed E-state index contributed by atoms with van der Waals surface area (Å²) in [6.07, 6.45) is 1.71. The highest BCUT2D eigenvalue weighted by atomic mass is 16.2. The zero-order valence-corrected chi connectivity index (χ0v) is 11.1. The van der Waals surface area contributed by atoms with E-state index in [-0.39, 0.29) is 12.1 Å². The Morgan fingerprint density at radius 2 is 2.05 bits per heavy atom. The smallest absolute Gasteiger partial charge is 0.315 e. The number of carbonyl (C=O) groups excluding carboxylic acids is 1. The number of benzene rings is 1. The second-order valence-corrected chi connectivity index (χ2v) is 4.41. The maximum atomic E-state index is 11.8. The van der Waals surface area contributed by atoms with Gasteiger partial charge in [0.05, 0.1) is 18.3 Å². The van der Waals surface area contributed by atoms with Gasteiger partial charge < -0.3 is 10.6 Å². The van der Waals surface area contributed by atoms with Gasteiger partial charge in [-0.25, -0.2) is 4.79 Å². The van der Waals surface area contributed by atoms with Crippen molar-refractivity contribution < 1.29 is 4.79 Å². The predicted molar refractivity (Wildman–Crippen MR) is 73.4 cm³/mol. The van der Waals surface area contributed by atoms with Crippen LogP contribution in [0, 0.1) is 0 Å². The normalized spacial score (nSPS) is 11.9. The monoisotopic (exact) mass is 258 g/mol. The molecule has 2 N–H and O–H groups in total. The standard InChI is InChI=1S/C14H18N4O/c1-11(12-6-4-3-5-7-12)17-14(19)15-10-13-8-9-16-18(13)2/h3-9,11H,10H2,1-2H3,(H2,15,17,19). The van der Waals surface area contributed by atoms with E-state index >= 15 is 0 Å². The number of hydrogen-bond acceptors (Lipinski definition) is 2. The third-order valence-electron chi connectivity index (χ3n) is 3.00. The van der Waals surface area contributed by atoms with E-state index in [1.807, 2.05) is 50.4 Å². The summed E-state index contributed by atoms with van der Waals surface area (Å²) < 4.78 is 1.74. The Balaban J connectivity index is 1.83. The molecule has 1 unspecified atom stereocenters. The van der Waals surface area contributed by atoms with Crippen LogP contribution in [-0.4, -0.2) is 15.8 Å². The van der Waals surface area contributed by atoms with Crippen molar-refractivity contribution in [2.75, 3.05) is 0 Å². The fraction of sp³-hybridized carbons (Fsp3) is 0.286. The van der Waals surface area contributed by atoms with Crippen LogP contribution in [0.4, 0.5) is 4.79 Å². The van der Waals surface area contributed by atoms with E-state index in [1.54, 1.807) is 10.9 Å². The van der Waals surface area contributed by atoms with Gasteiger partial charge in [0, 0.05) is 13.2 Å². The van der Waals surface area contributed by atoms with E-state index in [9.17, 15) is 4.79 Å². The van der Waals surface area contributed by atoms with Crippen LogP contribution < -0.4 is 10.6 Å². The minimum atomic E-state index is -0.183. The predicted octanol–water partition coefficient (Wildman–Crippen LogP) is 1.98. The van der Waals surface area contributed by atoms with E-state index in [4.69, 9.17) is 0 Å². The molecule has 0 fully saturated rings. The van der Waals surface area contributed by atoms with Crippen molar-refractivity contribution in [3.05, 3.63) is 53.9 Å². The second-order valence-electron chi connectivity index (χ2n) is 4.41. The van der Waals surface area contributed by atoms with Crippen LogP contribution in [-0.2, 0) is 13.6 Å². The average Bonchev–Trinajstić information content (AvgIpc) is 2.83. The number of urea groups is 1. The van der Waals surface area contributed by atoms with E-state index in [0.717, 1.165) is 11.3 Å². The summed E-state index contributed by atoms with van der Waals surface area (Å²) >= 11 is 0. The van der Waals surface area contributed by atoms with Crippen molar-refractivity contribution in [2.45, 2.75) is 19.5 Å². The first-order valence-electron chi connectivity index (χ1n) is 6.23. The summed E-state index contributed by atoms with van der Waals surface area (Å²) in [6.45, 7) is 2.42. The van der Waals surface area contributed by atoms with E-state index in [2.05, 4.69) is 15.7 Å². The molecule has 0 aliphatic carbocycles. The lowest BCUT2D eigenvalue weighted by Crippen LogP contribution is -2.37. The highest BCUT2D eigenvalue weighted by molar-refractivity contribution is 5.74. The highest BCUT2D eigenvalue weighted by Crippen LogP contribution is 2.10. The van der Waals surface area contributed by atoms with Crippen LogP contribution >= 0.6 is 0 Å². The molecule has 0 bridgehead atoms. The Hall–Kier alpha value is -2.30. The zero-order chi connectivity index (χ0) is 13.7. The third kappa shape index (κ3) is 3.58. The van der Waals surface area contributed by atoms with Crippen molar-refractivity contribution in [3.63, 3.8) is 0 Å². The van der Waals surface area contributed by atoms with Gasteiger partial charge in [0.15, 0.2) is 0 Å². The summed E-state index contributed by atoms with van der Waals surface area (Å²) in [6, 6.07) is 11.5. The molecule has 1 heterocycles. The Morgan fingerprint density at radius 1 is 1.32 bits per heavy atom. The molecule has 0 aliphatic rings. The van der Waals surface area contributed by atoms with Crippen LogP contribution in [0.15, 0.2) is 42.6 Å². The SMILES string of the molecule is CC(NC(=O)NCc1ccnn1C)c1ccccc1. The van der Waals surface area contributed by atoms with Crippen molar-refractivity contribution in [3.8, 4) is 0 Å². The van der Waals surface area contributed by atoms with E-state index in [0.29, 0.717) is 6.54 Å². The molecule has 5 heteroatoms. The van der Waals surface area contributed by atoms with E-state index < -0.39 is 0 Å². The summed E-state index contributed by atoms with van der Waals surface area (Å²) in [5.41, 5.74) is 2.04. The van der Waals surface area contributed by atoms with Gasteiger partial charge in [-0.2, -0.15) is 5.10 Å². The Morgan fingerprint density at radius 3 is 2.68 bits per heavy atom. The molecule has 0 spiro atoms. The molecule has 1 atom stereocenters. The van der Waals surface area contributed by atoms with Gasteiger partial charge in [-0.05, 0) is 18.6 Å². The Labute approximate surface area is 112 Å². The number of rotatable bonds is 4. The van der Waals surface area contributed by atoms with Gasteiger partial charge >= 0.3 is 6.03 Å². The maximum absolute atomic E-state index is 11.8. The second kappa shape index (κ2) is 6.04. The quantitative estimate of drug-likeness (QED) is 0.881. The third-order valence-corrected chi connectivity index (χ3v) is 3.00. The lowest BCUT2D eigenvalue weighted by Gasteiger charge is -2.15. The Kier molecular flexibility index (Phi) is 4.18. The van der Waals surface area contributed by atoms with Crippen LogP contribution in [0.25, 0.3) is 0 Å². The van der Waals surface area contributed by atoms with Gasteiger partial charge in [0.2, 0.25) is 0 Å². The minimum Gasteiger partial charge on any atom is -0.333 e. The van der Waals surface area contributed by atoms with Crippen LogP contribution in [0.3, 0.4) is 0 Å². The number of hydrogen-bond donors (Lipinski definition) is 2. The van der Waals surface area contributed by atoms with Crippen molar-refractivity contribution in [1.29, 1.82) is 0 Å². The molecule has 19 heavy (non-hydrogen) atoms. The summed E-state index contributed by atoms with van der Waals surface area (Å²) in [5.74, 6) is 0. The lowest BCUT2D eigenvalue weighted by molar-refractivity contribution is 0.237. The van der Waals surface area contributed by atoms with Crippen molar-refractivity contribution in [1.82, 2.24) is 20.4 Å². The molecule has 2 aromatic rings. The molecule has 1 aromatic carbocycles. The molecular weight excluding hydrogens is 240 g/mol. The van der Waals surface area contributed by atoms with Crippen molar-refractivity contribution >= 4 is 6.03 Å². The zero-order valence-electron chi connectivity index (χ0n) is 11.1. The fourth-order valence-electron chi connectivity index (χ4n) is 1.82. The van der Waals surface area contributed by atoms with Gasteiger partial charge in [0.1, 0.15) is 0 Å². The van der Waals surface area contributed by atoms with Gasteiger partial charge in [-0.3, -0.25) is 4.68 Å². The van der Waals surface area contributed by atoms with Gasteiger partial charge in [-0.1, -0.05) is 30.3 Å². The molecule has 0 saturated carbocycles.